The fraction of sp³-hybridized carbons (Fsp3) is 0.458. The lowest BCUT2D eigenvalue weighted by atomic mass is 9.99. The molecule has 2 heterocycles. The molecule has 0 atom stereocenters. The number of piperidine rings is 2. The molecule has 190 valence electrons. The molecule has 0 spiro atoms. The summed E-state index contributed by atoms with van der Waals surface area (Å²) in [5, 5.41) is 1.12. The van der Waals surface area contributed by atoms with Gasteiger partial charge in [0.15, 0.2) is 0 Å². The van der Waals surface area contributed by atoms with Gasteiger partial charge < -0.3 is 9.64 Å². The zero-order chi connectivity index (χ0) is 25.2. The van der Waals surface area contributed by atoms with Gasteiger partial charge in [0.05, 0.1) is 15.1 Å². The van der Waals surface area contributed by atoms with Crippen LogP contribution < -0.4 is 9.46 Å². The van der Waals surface area contributed by atoms with Gasteiger partial charge in [-0.1, -0.05) is 46.9 Å². The van der Waals surface area contributed by atoms with Crippen LogP contribution in [-0.4, -0.2) is 62.6 Å². The van der Waals surface area contributed by atoms with Crippen LogP contribution in [0.25, 0.3) is 0 Å². The summed E-state index contributed by atoms with van der Waals surface area (Å²) in [4.78, 5) is 16.5. The van der Waals surface area contributed by atoms with Crippen LogP contribution in [0.15, 0.2) is 41.3 Å². The largest absolute Gasteiger partial charge is 0.490 e. The average molecular weight is 561 g/mol. The number of hydrogen-bond acceptors (Lipinski definition) is 5. The Balaban J connectivity index is 1.25. The number of sulfonamides is 1. The molecule has 0 aliphatic carbocycles. The predicted molar refractivity (Wildman–Crippen MR) is 138 cm³/mol. The summed E-state index contributed by atoms with van der Waals surface area (Å²) in [6.07, 6.45) is 3.49. The number of benzene rings is 2. The van der Waals surface area contributed by atoms with E-state index in [0.717, 1.165) is 50.1 Å². The van der Waals surface area contributed by atoms with Gasteiger partial charge in [0.2, 0.25) is 0 Å². The van der Waals surface area contributed by atoms with Crippen molar-refractivity contribution in [3.05, 3.63) is 57.0 Å². The first-order chi connectivity index (χ1) is 16.7. The van der Waals surface area contributed by atoms with Crippen LogP contribution in [0.2, 0.25) is 15.1 Å². The Morgan fingerprint density at radius 3 is 2.26 bits per heavy atom. The van der Waals surface area contributed by atoms with Gasteiger partial charge in [-0.3, -0.25) is 4.90 Å². The van der Waals surface area contributed by atoms with Crippen molar-refractivity contribution in [2.45, 2.75) is 49.6 Å². The van der Waals surface area contributed by atoms with E-state index < -0.39 is 16.1 Å². The highest BCUT2D eigenvalue weighted by Crippen LogP contribution is 2.34. The minimum Gasteiger partial charge on any atom is -0.490 e. The van der Waals surface area contributed by atoms with E-state index in [9.17, 15) is 13.2 Å². The number of nitrogens with zero attached hydrogens (tertiary/aromatic N) is 2. The summed E-state index contributed by atoms with van der Waals surface area (Å²) in [5.74, 6) is 0.768. The number of nitrogens with one attached hydrogen (secondary N) is 1. The molecule has 0 saturated carbocycles. The van der Waals surface area contributed by atoms with Crippen LogP contribution in [-0.2, 0) is 10.0 Å². The first-order valence-corrected chi connectivity index (χ1v) is 14.2. The van der Waals surface area contributed by atoms with Gasteiger partial charge in [-0.15, -0.1) is 0 Å². The quantitative estimate of drug-likeness (QED) is 0.533. The van der Waals surface area contributed by atoms with E-state index in [2.05, 4.69) is 9.62 Å². The van der Waals surface area contributed by atoms with Gasteiger partial charge in [0, 0.05) is 37.8 Å². The number of likely N-dealkylation sites (tertiary alicyclic amines) is 2. The second-order valence-electron chi connectivity index (χ2n) is 8.90. The van der Waals surface area contributed by atoms with E-state index in [1.165, 1.54) is 12.1 Å². The Hall–Kier alpha value is -1.71. The summed E-state index contributed by atoms with van der Waals surface area (Å²) in [7, 11) is -4.03. The molecular weight excluding hydrogens is 533 g/mol. The van der Waals surface area contributed by atoms with Gasteiger partial charge in [0.1, 0.15) is 16.7 Å². The molecule has 4 rings (SSSR count). The van der Waals surface area contributed by atoms with E-state index in [1.54, 1.807) is 23.1 Å². The standard InChI is InChI=1S/C24H28Cl3N3O4S/c1-16-21(7-6-20(26)23(16)27)34-18-10-14-29(15-11-18)17-8-12-30(13-9-17)24(31)28-35(32,33)22-5-3-2-4-19(22)25/h2-7,17-18H,8-15H2,1H3,(H,28,31). The van der Waals surface area contributed by atoms with Crippen LogP contribution in [0, 0.1) is 6.92 Å². The van der Waals surface area contributed by atoms with E-state index in [-0.39, 0.29) is 16.0 Å². The SMILES string of the molecule is Cc1c(OC2CCN(C3CCN(C(=O)NS(=O)(=O)c4ccccc4Cl)CC3)CC2)ccc(Cl)c1Cl. The molecule has 2 amide bonds. The lowest BCUT2D eigenvalue weighted by Crippen LogP contribution is -2.52. The fourth-order valence-corrected chi connectivity index (χ4v) is 6.48. The minimum absolute atomic E-state index is 0.0770. The maximum Gasteiger partial charge on any atom is 0.331 e. The van der Waals surface area contributed by atoms with Crippen molar-refractivity contribution in [2.24, 2.45) is 0 Å². The smallest absolute Gasteiger partial charge is 0.331 e. The molecule has 0 radical (unpaired) electrons. The molecule has 2 aromatic rings. The van der Waals surface area contributed by atoms with Crippen molar-refractivity contribution in [1.29, 1.82) is 0 Å². The average Bonchev–Trinajstić information content (AvgIpc) is 2.85. The highest BCUT2D eigenvalue weighted by atomic mass is 35.5. The first kappa shape index (κ1) is 26.4. The number of hydrogen-bond donors (Lipinski definition) is 1. The molecule has 0 unspecified atom stereocenters. The monoisotopic (exact) mass is 559 g/mol. The van der Waals surface area contributed by atoms with Gasteiger partial charge in [-0.25, -0.2) is 17.9 Å². The lowest BCUT2D eigenvalue weighted by Gasteiger charge is -2.41. The topological polar surface area (TPSA) is 79.0 Å². The van der Waals surface area contributed by atoms with E-state index >= 15 is 0 Å². The Bertz CT molecular complexity index is 1180. The lowest BCUT2D eigenvalue weighted by molar-refractivity contribution is 0.0537. The van der Waals surface area contributed by atoms with Gasteiger partial charge in [-0.2, -0.15) is 0 Å². The number of ether oxygens (including phenoxy) is 1. The van der Waals surface area contributed by atoms with Gasteiger partial charge >= 0.3 is 6.03 Å². The van der Waals surface area contributed by atoms with Crippen LogP contribution in [0.3, 0.4) is 0 Å². The number of urea groups is 1. The van der Waals surface area contributed by atoms with Crippen molar-refractivity contribution in [2.75, 3.05) is 26.2 Å². The Kier molecular flexibility index (Phi) is 8.38. The second-order valence-corrected chi connectivity index (χ2v) is 11.7. The van der Waals surface area contributed by atoms with Crippen LogP contribution in [0.4, 0.5) is 4.79 Å². The number of carbonyl (C=O) groups is 1. The molecule has 2 saturated heterocycles. The van der Waals surface area contributed by atoms with Crippen molar-refractivity contribution >= 4 is 50.9 Å². The number of rotatable bonds is 5. The number of halogens is 3. The predicted octanol–water partition coefficient (Wildman–Crippen LogP) is 5.36. The molecule has 35 heavy (non-hydrogen) atoms. The molecule has 11 heteroatoms. The molecule has 1 N–H and O–H groups in total. The Morgan fingerprint density at radius 2 is 1.60 bits per heavy atom. The molecule has 0 bridgehead atoms. The zero-order valence-corrected chi connectivity index (χ0v) is 22.4. The molecule has 2 aromatic carbocycles. The Labute approximate surface area is 221 Å². The first-order valence-electron chi connectivity index (χ1n) is 11.6. The molecule has 0 aromatic heterocycles. The number of carbonyl (C=O) groups excluding carboxylic acids is 1. The highest BCUT2D eigenvalue weighted by molar-refractivity contribution is 7.90. The molecule has 7 nitrogen and oxygen atoms in total. The fourth-order valence-electron chi connectivity index (χ4n) is 4.63. The highest BCUT2D eigenvalue weighted by Gasteiger charge is 2.32. The molecule has 2 fully saturated rings. The molecular formula is C24H28Cl3N3O4S. The van der Waals surface area contributed by atoms with Crippen LogP contribution in [0.1, 0.15) is 31.2 Å². The summed E-state index contributed by atoms with van der Waals surface area (Å²) in [6.45, 7) is 4.70. The maximum atomic E-state index is 12.6. The van der Waals surface area contributed by atoms with E-state index in [4.69, 9.17) is 39.5 Å². The summed E-state index contributed by atoms with van der Waals surface area (Å²) < 4.78 is 33.5. The van der Waals surface area contributed by atoms with Gasteiger partial charge in [0.25, 0.3) is 10.0 Å². The van der Waals surface area contributed by atoms with E-state index in [0.29, 0.717) is 29.2 Å². The third-order valence-corrected chi connectivity index (χ3v) is 9.39. The van der Waals surface area contributed by atoms with E-state index in [1.807, 2.05) is 13.0 Å². The van der Waals surface area contributed by atoms with Crippen molar-refractivity contribution in [3.63, 3.8) is 0 Å². The van der Waals surface area contributed by atoms with Crippen LogP contribution >= 0.6 is 34.8 Å². The van der Waals surface area contributed by atoms with Gasteiger partial charge in [-0.05, 0) is 56.9 Å². The number of amides is 2. The maximum absolute atomic E-state index is 12.6. The third-order valence-electron chi connectivity index (χ3n) is 6.68. The summed E-state index contributed by atoms with van der Waals surface area (Å²) in [5.41, 5.74) is 0.851. The van der Waals surface area contributed by atoms with Crippen molar-refractivity contribution < 1.29 is 17.9 Å². The summed E-state index contributed by atoms with van der Waals surface area (Å²) in [6, 6.07) is 9.41. The van der Waals surface area contributed by atoms with Crippen molar-refractivity contribution in [3.8, 4) is 5.75 Å². The molecule has 2 aliphatic heterocycles. The summed E-state index contributed by atoms with van der Waals surface area (Å²) >= 11 is 18.3. The normalized spacial score (nSPS) is 18.5. The van der Waals surface area contributed by atoms with Crippen molar-refractivity contribution in [1.82, 2.24) is 14.5 Å². The Morgan fingerprint density at radius 1 is 0.943 bits per heavy atom. The third kappa shape index (κ3) is 6.17. The van der Waals surface area contributed by atoms with Crippen LogP contribution in [0.5, 0.6) is 5.75 Å². The zero-order valence-electron chi connectivity index (χ0n) is 19.3. The molecule has 2 aliphatic rings. The second kappa shape index (κ2) is 11.1. The minimum atomic E-state index is -4.03.